The first kappa shape index (κ1) is 19.4. The predicted molar refractivity (Wildman–Crippen MR) is 96.4 cm³/mol. The molecule has 1 saturated heterocycles. The first-order chi connectivity index (χ1) is 12.8. The van der Waals surface area contributed by atoms with Crippen molar-refractivity contribution in [2.75, 3.05) is 13.1 Å². The second-order valence-corrected chi connectivity index (χ2v) is 7.05. The molecule has 1 heterocycles. The third-order valence-electron chi connectivity index (χ3n) is 5.20. The number of carboxylic acid groups (broad SMARTS) is 1. The van der Waals surface area contributed by atoms with Crippen LogP contribution in [0.2, 0.25) is 0 Å². The summed E-state index contributed by atoms with van der Waals surface area (Å²) in [5, 5.41) is 9.41. The molecule has 1 aliphatic rings. The van der Waals surface area contributed by atoms with Gasteiger partial charge in [-0.15, -0.1) is 0 Å². The van der Waals surface area contributed by atoms with Gasteiger partial charge < -0.3 is 5.11 Å². The Balaban J connectivity index is 2.00. The van der Waals surface area contributed by atoms with E-state index in [1.165, 1.54) is 12.1 Å². The fourth-order valence-electron chi connectivity index (χ4n) is 3.78. The lowest BCUT2D eigenvalue weighted by atomic mass is 9.89. The molecular formula is C21H22F3NO2. The largest absolute Gasteiger partial charge is 0.481 e. The number of hydrogen-bond donors (Lipinski definition) is 1. The number of likely N-dealkylation sites (tertiary alicyclic amines) is 1. The lowest BCUT2D eigenvalue weighted by molar-refractivity contribution is -0.144. The van der Waals surface area contributed by atoms with Gasteiger partial charge in [-0.1, -0.05) is 36.4 Å². The van der Waals surface area contributed by atoms with Crippen molar-refractivity contribution >= 4 is 5.97 Å². The molecule has 1 aliphatic heterocycles. The molecule has 144 valence electrons. The van der Waals surface area contributed by atoms with Gasteiger partial charge in [-0.2, -0.15) is 13.2 Å². The minimum atomic E-state index is -4.38. The number of nitrogens with zero attached hydrogens (tertiary/aromatic N) is 1. The molecule has 0 saturated carbocycles. The van der Waals surface area contributed by atoms with Crippen LogP contribution in [0.4, 0.5) is 13.2 Å². The van der Waals surface area contributed by atoms with Gasteiger partial charge in [0, 0.05) is 6.54 Å². The van der Waals surface area contributed by atoms with E-state index in [1.54, 1.807) is 0 Å². The summed E-state index contributed by atoms with van der Waals surface area (Å²) in [5.74, 6) is -1.28. The number of rotatable bonds is 4. The maximum atomic E-state index is 12.9. The van der Waals surface area contributed by atoms with Crippen LogP contribution in [0.1, 0.15) is 41.1 Å². The average Bonchev–Trinajstić information content (AvgIpc) is 2.63. The van der Waals surface area contributed by atoms with E-state index in [2.05, 4.69) is 4.90 Å². The lowest BCUT2D eigenvalue weighted by Gasteiger charge is -2.38. The van der Waals surface area contributed by atoms with Gasteiger partial charge in [0.1, 0.15) is 0 Å². The highest BCUT2D eigenvalue weighted by Gasteiger charge is 2.33. The molecule has 2 atom stereocenters. The molecule has 1 fully saturated rings. The number of carboxylic acids is 1. The van der Waals surface area contributed by atoms with Crippen LogP contribution in [-0.2, 0) is 11.0 Å². The van der Waals surface area contributed by atoms with E-state index in [0.717, 1.165) is 35.2 Å². The lowest BCUT2D eigenvalue weighted by Crippen LogP contribution is -2.41. The van der Waals surface area contributed by atoms with Crippen molar-refractivity contribution in [1.29, 1.82) is 0 Å². The summed E-state index contributed by atoms with van der Waals surface area (Å²) in [7, 11) is 0. The molecular weight excluding hydrogens is 355 g/mol. The highest BCUT2D eigenvalue weighted by atomic mass is 19.4. The van der Waals surface area contributed by atoms with Crippen LogP contribution in [0.3, 0.4) is 0 Å². The average molecular weight is 377 g/mol. The van der Waals surface area contributed by atoms with E-state index in [0.29, 0.717) is 19.5 Å². The Morgan fingerprint density at radius 3 is 2.41 bits per heavy atom. The van der Waals surface area contributed by atoms with Crippen LogP contribution in [0, 0.1) is 12.8 Å². The predicted octanol–water partition coefficient (Wildman–Crippen LogP) is 4.90. The fourth-order valence-corrected chi connectivity index (χ4v) is 3.78. The number of alkyl halides is 3. The minimum Gasteiger partial charge on any atom is -0.481 e. The Hall–Kier alpha value is -2.34. The van der Waals surface area contributed by atoms with E-state index in [-0.39, 0.29) is 6.04 Å². The topological polar surface area (TPSA) is 40.5 Å². The summed E-state index contributed by atoms with van der Waals surface area (Å²) in [4.78, 5) is 13.5. The second-order valence-electron chi connectivity index (χ2n) is 7.05. The van der Waals surface area contributed by atoms with Crippen LogP contribution < -0.4 is 0 Å². The van der Waals surface area contributed by atoms with Gasteiger partial charge in [-0.05, 0) is 55.1 Å². The number of hydrogen-bond acceptors (Lipinski definition) is 2. The number of piperidine rings is 1. The zero-order valence-electron chi connectivity index (χ0n) is 15.0. The molecule has 2 aromatic rings. The van der Waals surface area contributed by atoms with Crippen molar-refractivity contribution in [3.8, 4) is 0 Å². The van der Waals surface area contributed by atoms with Crippen molar-refractivity contribution < 1.29 is 23.1 Å². The summed E-state index contributed by atoms with van der Waals surface area (Å²) in [5.41, 5.74) is 2.07. The maximum absolute atomic E-state index is 12.9. The van der Waals surface area contributed by atoms with E-state index < -0.39 is 23.6 Å². The molecule has 0 amide bonds. The molecule has 0 spiro atoms. The van der Waals surface area contributed by atoms with E-state index in [9.17, 15) is 23.1 Å². The van der Waals surface area contributed by atoms with Gasteiger partial charge in [0.25, 0.3) is 0 Å². The standard InChI is InChI=1S/C21H22F3NO2/c1-14-5-2-3-7-18(14)19(25-12-4-6-16(13-25)20(26)27)15-8-10-17(11-9-15)21(22,23)24/h2-3,5,7-11,16,19H,4,6,12-13H2,1H3,(H,26,27). The van der Waals surface area contributed by atoms with Gasteiger partial charge in [-0.25, -0.2) is 0 Å². The zero-order chi connectivity index (χ0) is 19.6. The molecule has 0 aromatic heterocycles. The van der Waals surface area contributed by atoms with Crippen molar-refractivity contribution in [3.05, 3.63) is 70.8 Å². The molecule has 6 heteroatoms. The zero-order valence-corrected chi connectivity index (χ0v) is 15.0. The van der Waals surface area contributed by atoms with Crippen molar-refractivity contribution in [3.63, 3.8) is 0 Å². The molecule has 2 unspecified atom stereocenters. The van der Waals surface area contributed by atoms with Crippen molar-refractivity contribution in [2.45, 2.75) is 32.0 Å². The molecule has 2 aromatic carbocycles. The molecule has 0 bridgehead atoms. The van der Waals surface area contributed by atoms with Crippen LogP contribution in [-0.4, -0.2) is 29.1 Å². The smallest absolute Gasteiger partial charge is 0.416 e. The van der Waals surface area contributed by atoms with Gasteiger partial charge in [0.15, 0.2) is 0 Å². The summed E-state index contributed by atoms with van der Waals surface area (Å²) >= 11 is 0. The number of aliphatic carboxylic acids is 1. The summed E-state index contributed by atoms with van der Waals surface area (Å²) in [6, 6.07) is 12.7. The first-order valence-electron chi connectivity index (χ1n) is 8.97. The molecule has 3 nitrogen and oxygen atoms in total. The molecule has 3 rings (SSSR count). The van der Waals surface area contributed by atoms with Crippen LogP contribution in [0.15, 0.2) is 48.5 Å². The minimum absolute atomic E-state index is 0.268. The number of benzene rings is 2. The van der Waals surface area contributed by atoms with Gasteiger partial charge in [0.2, 0.25) is 0 Å². The monoisotopic (exact) mass is 377 g/mol. The van der Waals surface area contributed by atoms with Crippen LogP contribution >= 0.6 is 0 Å². The Bertz CT molecular complexity index is 802. The quantitative estimate of drug-likeness (QED) is 0.824. The van der Waals surface area contributed by atoms with Crippen LogP contribution in [0.25, 0.3) is 0 Å². The van der Waals surface area contributed by atoms with Crippen LogP contribution in [0.5, 0.6) is 0 Å². The molecule has 0 radical (unpaired) electrons. The van der Waals surface area contributed by atoms with E-state index in [4.69, 9.17) is 0 Å². The summed E-state index contributed by atoms with van der Waals surface area (Å²) in [6.07, 6.45) is -3.00. The molecule has 1 N–H and O–H groups in total. The number of aryl methyl sites for hydroxylation is 1. The van der Waals surface area contributed by atoms with E-state index in [1.807, 2.05) is 31.2 Å². The van der Waals surface area contributed by atoms with Gasteiger partial charge >= 0.3 is 12.1 Å². The SMILES string of the molecule is Cc1ccccc1C(c1ccc(C(F)(F)F)cc1)N1CCCC(C(=O)O)C1. The summed E-state index contributed by atoms with van der Waals surface area (Å²) in [6.45, 7) is 3.06. The summed E-state index contributed by atoms with van der Waals surface area (Å²) < 4.78 is 38.8. The molecule has 0 aliphatic carbocycles. The number of carbonyl (C=O) groups is 1. The Morgan fingerprint density at radius 2 is 1.81 bits per heavy atom. The highest BCUT2D eigenvalue weighted by Crippen LogP contribution is 2.36. The third-order valence-corrected chi connectivity index (χ3v) is 5.20. The Morgan fingerprint density at radius 1 is 1.15 bits per heavy atom. The third kappa shape index (κ3) is 4.33. The first-order valence-corrected chi connectivity index (χ1v) is 8.97. The Kier molecular flexibility index (Phi) is 5.56. The Labute approximate surface area is 156 Å². The highest BCUT2D eigenvalue weighted by molar-refractivity contribution is 5.70. The van der Waals surface area contributed by atoms with Gasteiger partial charge in [-0.3, -0.25) is 9.69 Å². The van der Waals surface area contributed by atoms with Gasteiger partial charge in [0.05, 0.1) is 17.5 Å². The fraction of sp³-hybridized carbons (Fsp3) is 0.381. The number of halogens is 3. The maximum Gasteiger partial charge on any atom is 0.416 e. The van der Waals surface area contributed by atoms with Crippen molar-refractivity contribution in [1.82, 2.24) is 4.90 Å². The van der Waals surface area contributed by atoms with Crippen molar-refractivity contribution in [2.24, 2.45) is 5.92 Å². The normalized spacial score (nSPS) is 19.6. The van der Waals surface area contributed by atoms with E-state index >= 15 is 0 Å². The second kappa shape index (κ2) is 7.72. The molecule has 27 heavy (non-hydrogen) atoms.